The van der Waals surface area contributed by atoms with E-state index in [0.29, 0.717) is 5.56 Å². The van der Waals surface area contributed by atoms with Gasteiger partial charge in [-0.15, -0.1) is 0 Å². The van der Waals surface area contributed by atoms with E-state index in [-0.39, 0.29) is 41.7 Å². The Morgan fingerprint density at radius 3 is 2.64 bits per heavy atom. The summed E-state index contributed by atoms with van der Waals surface area (Å²) in [6.45, 7) is 5.63. The van der Waals surface area contributed by atoms with Crippen molar-refractivity contribution < 1.29 is 9.18 Å². The Morgan fingerprint density at radius 1 is 1.18 bits per heavy atom. The second-order valence-electron chi connectivity index (χ2n) is 8.94. The highest BCUT2D eigenvalue weighted by molar-refractivity contribution is 5.95. The van der Waals surface area contributed by atoms with Gasteiger partial charge in [0.15, 0.2) is 0 Å². The molecule has 33 heavy (non-hydrogen) atoms. The number of carbonyl (C=O) groups excluding carboxylic acids is 1. The third-order valence-electron chi connectivity index (χ3n) is 6.70. The first-order valence-corrected chi connectivity index (χ1v) is 11.1. The summed E-state index contributed by atoms with van der Waals surface area (Å²) in [6.07, 6.45) is 2.08. The molecule has 10 heteroatoms. The molecule has 0 aliphatic carbocycles. The molecule has 0 spiro atoms. The van der Waals surface area contributed by atoms with Crippen LogP contribution in [0.25, 0.3) is 0 Å². The van der Waals surface area contributed by atoms with E-state index in [2.05, 4.69) is 44.2 Å². The molecule has 2 aromatic rings. The predicted octanol–water partition coefficient (Wildman–Crippen LogP) is 0.980. The van der Waals surface area contributed by atoms with Crippen LogP contribution in [-0.2, 0) is 4.79 Å². The van der Waals surface area contributed by atoms with Crippen molar-refractivity contribution in [3.8, 4) is 6.07 Å². The first-order valence-electron chi connectivity index (χ1n) is 11.1. The van der Waals surface area contributed by atoms with Crippen LogP contribution in [0.2, 0.25) is 0 Å². The number of aromatic nitrogens is 1. The molecule has 3 atom stereocenters. The monoisotopic (exact) mass is 450 g/mol. The van der Waals surface area contributed by atoms with Crippen molar-refractivity contribution in [2.24, 2.45) is 0 Å². The molecule has 3 fully saturated rings. The van der Waals surface area contributed by atoms with Crippen LogP contribution < -0.4 is 26.2 Å². The van der Waals surface area contributed by atoms with Gasteiger partial charge in [-0.25, -0.2) is 25.2 Å². The Morgan fingerprint density at radius 2 is 1.97 bits per heavy atom. The Labute approximate surface area is 192 Å². The van der Waals surface area contributed by atoms with E-state index in [4.69, 9.17) is 5.26 Å². The maximum absolute atomic E-state index is 14.8. The molecule has 4 heterocycles. The number of nitrogens with one attached hydrogen (secondary N) is 3. The van der Waals surface area contributed by atoms with Gasteiger partial charge in [-0.3, -0.25) is 10.2 Å². The highest BCUT2D eigenvalue weighted by atomic mass is 19.1. The van der Waals surface area contributed by atoms with Gasteiger partial charge in [0.05, 0.1) is 29.4 Å². The fraction of sp³-hybridized carbons (Fsp3) is 0.435. The fourth-order valence-electron chi connectivity index (χ4n) is 4.82. The molecular formula is C23H27FN8O. The number of nitriles is 1. The number of halogens is 1. The molecule has 0 saturated carbocycles. The first kappa shape index (κ1) is 21.7. The van der Waals surface area contributed by atoms with E-state index in [1.165, 1.54) is 5.01 Å². The topological polar surface area (TPSA) is 99.6 Å². The Bertz CT molecular complexity index is 1070. The molecule has 1 aromatic carbocycles. The number of carbonyl (C=O) groups is 1. The van der Waals surface area contributed by atoms with Crippen molar-refractivity contribution in [3.63, 3.8) is 0 Å². The van der Waals surface area contributed by atoms with Gasteiger partial charge in [-0.05, 0) is 43.3 Å². The molecule has 5 rings (SSSR count). The third kappa shape index (κ3) is 4.05. The number of fused-ring (bicyclic) bond motifs is 1. The summed E-state index contributed by atoms with van der Waals surface area (Å²) in [6, 6.07) is 8.30. The van der Waals surface area contributed by atoms with Crippen molar-refractivity contribution in [1.82, 2.24) is 26.2 Å². The van der Waals surface area contributed by atoms with Crippen molar-refractivity contribution >= 4 is 17.4 Å². The van der Waals surface area contributed by atoms with E-state index in [1.807, 2.05) is 18.3 Å². The second-order valence-corrected chi connectivity index (χ2v) is 8.94. The Hall–Kier alpha value is -3.10. The number of piperazine rings is 1. The predicted molar refractivity (Wildman–Crippen MR) is 122 cm³/mol. The minimum absolute atomic E-state index is 0.141. The molecular weight excluding hydrogens is 423 g/mol. The van der Waals surface area contributed by atoms with Crippen molar-refractivity contribution in [2.45, 2.75) is 31.5 Å². The SMILES string of the molecule is Cc1cc(C#N)cc(F)c1N1NC2C(CC1=O)NNC2c1ccc(N2CCN(C)CC2)nc1. The minimum Gasteiger partial charge on any atom is -0.354 e. The summed E-state index contributed by atoms with van der Waals surface area (Å²) in [5, 5.41) is 10.4. The molecule has 3 aliphatic heterocycles. The van der Waals surface area contributed by atoms with Crippen LogP contribution in [0.5, 0.6) is 0 Å². The molecule has 3 unspecified atom stereocenters. The number of likely N-dealkylation sites (N-methyl/N-ethyl adjacent to an activating group) is 1. The van der Waals surface area contributed by atoms with Gasteiger partial charge in [0.1, 0.15) is 11.6 Å². The summed E-state index contributed by atoms with van der Waals surface area (Å²) in [5.74, 6) is 0.124. The van der Waals surface area contributed by atoms with Gasteiger partial charge in [-0.2, -0.15) is 5.26 Å². The van der Waals surface area contributed by atoms with Crippen LogP contribution in [0, 0.1) is 24.1 Å². The third-order valence-corrected chi connectivity index (χ3v) is 6.70. The summed E-state index contributed by atoms with van der Waals surface area (Å²) in [4.78, 5) is 22.1. The number of rotatable bonds is 3. The molecule has 1 aromatic heterocycles. The average molecular weight is 451 g/mol. The zero-order valence-electron chi connectivity index (χ0n) is 18.7. The van der Waals surface area contributed by atoms with E-state index in [0.717, 1.165) is 43.6 Å². The van der Waals surface area contributed by atoms with Crippen LogP contribution in [0.15, 0.2) is 30.5 Å². The quantitative estimate of drug-likeness (QED) is 0.637. The largest absolute Gasteiger partial charge is 0.354 e. The van der Waals surface area contributed by atoms with Crippen LogP contribution >= 0.6 is 0 Å². The average Bonchev–Trinajstić information content (AvgIpc) is 3.22. The first-order chi connectivity index (χ1) is 15.9. The molecule has 0 radical (unpaired) electrons. The van der Waals surface area contributed by atoms with Gasteiger partial charge in [-0.1, -0.05) is 6.07 Å². The number of hydrogen-bond donors (Lipinski definition) is 3. The van der Waals surface area contributed by atoms with E-state index < -0.39 is 5.82 Å². The van der Waals surface area contributed by atoms with Crippen molar-refractivity contribution in [2.75, 3.05) is 43.1 Å². The minimum atomic E-state index is -0.598. The van der Waals surface area contributed by atoms with Crippen molar-refractivity contribution in [1.29, 1.82) is 5.26 Å². The molecule has 1 amide bonds. The molecule has 3 N–H and O–H groups in total. The molecule has 9 nitrogen and oxygen atoms in total. The van der Waals surface area contributed by atoms with Crippen molar-refractivity contribution in [3.05, 3.63) is 53.0 Å². The summed E-state index contributed by atoms with van der Waals surface area (Å²) < 4.78 is 14.8. The maximum Gasteiger partial charge on any atom is 0.243 e. The molecule has 0 bridgehead atoms. The van der Waals surface area contributed by atoms with Crippen LogP contribution in [-0.4, -0.2) is 61.1 Å². The zero-order valence-corrected chi connectivity index (χ0v) is 18.7. The van der Waals surface area contributed by atoms with Crippen LogP contribution in [0.1, 0.15) is 29.2 Å². The smallest absolute Gasteiger partial charge is 0.243 e. The number of anilines is 2. The standard InChI is InChI=1S/C23H27FN8O/c1-14-9-15(12-25)10-17(24)23(14)32-20(33)11-18-22(29-32)21(28-27-18)16-3-4-19(26-13-16)31-7-5-30(2)6-8-31/h3-4,9-10,13,18,21-22,27-29H,5-8,11H2,1-2H3. The lowest BCUT2D eigenvalue weighted by Crippen LogP contribution is -2.60. The lowest BCUT2D eigenvalue weighted by atomic mass is 9.94. The van der Waals surface area contributed by atoms with Gasteiger partial charge < -0.3 is 9.80 Å². The van der Waals surface area contributed by atoms with Gasteiger partial charge >= 0.3 is 0 Å². The fourth-order valence-corrected chi connectivity index (χ4v) is 4.82. The number of amides is 1. The van der Waals surface area contributed by atoms with Gasteiger partial charge in [0.25, 0.3) is 0 Å². The number of nitrogens with zero attached hydrogens (tertiary/aromatic N) is 5. The number of pyridine rings is 1. The number of aryl methyl sites for hydroxylation is 1. The van der Waals surface area contributed by atoms with Crippen LogP contribution in [0.3, 0.4) is 0 Å². The van der Waals surface area contributed by atoms with E-state index >= 15 is 0 Å². The molecule has 3 saturated heterocycles. The lowest BCUT2D eigenvalue weighted by Gasteiger charge is -2.37. The van der Waals surface area contributed by atoms with E-state index in [9.17, 15) is 9.18 Å². The van der Waals surface area contributed by atoms with Gasteiger partial charge in [0, 0.05) is 44.8 Å². The lowest BCUT2D eigenvalue weighted by molar-refractivity contribution is -0.121. The Balaban J connectivity index is 1.36. The highest BCUT2D eigenvalue weighted by Crippen LogP contribution is 2.32. The van der Waals surface area contributed by atoms with Gasteiger partial charge in [0.2, 0.25) is 5.91 Å². The molecule has 3 aliphatic rings. The highest BCUT2D eigenvalue weighted by Gasteiger charge is 2.44. The summed E-state index contributed by atoms with van der Waals surface area (Å²) >= 11 is 0. The zero-order chi connectivity index (χ0) is 23.1. The summed E-state index contributed by atoms with van der Waals surface area (Å²) in [7, 11) is 2.12. The number of hydrazine groups is 2. The maximum atomic E-state index is 14.8. The molecule has 172 valence electrons. The number of benzene rings is 1. The number of hydrogen-bond acceptors (Lipinski definition) is 8. The normalized spacial score (nSPS) is 25.8. The Kier molecular flexibility index (Phi) is 5.72. The summed E-state index contributed by atoms with van der Waals surface area (Å²) in [5.41, 5.74) is 11.6. The second kappa shape index (κ2) is 8.68. The van der Waals surface area contributed by atoms with E-state index in [1.54, 1.807) is 13.0 Å². The van der Waals surface area contributed by atoms with Crippen LogP contribution in [0.4, 0.5) is 15.9 Å².